The lowest BCUT2D eigenvalue weighted by molar-refractivity contribution is 0.0942. The highest BCUT2D eigenvalue weighted by Gasteiger charge is 2.21. The Kier molecular flexibility index (Phi) is 4.84. The number of aromatic nitrogens is 5. The zero-order valence-corrected chi connectivity index (χ0v) is 17.8. The normalized spacial score (nSPS) is 14.2. The van der Waals surface area contributed by atoms with Crippen LogP contribution in [0.4, 0.5) is 0 Å². The second-order valence-electron chi connectivity index (χ2n) is 7.41. The van der Waals surface area contributed by atoms with Crippen molar-refractivity contribution in [2.75, 3.05) is 6.54 Å². The molecule has 0 spiro atoms. The summed E-state index contributed by atoms with van der Waals surface area (Å²) in [4.78, 5) is 18.4. The van der Waals surface area contributed by atoms with Crippen molar-refractivity contribution in [2.45, 2.75) is 31.5 Å². The van der Waals surface area contributed by atoms with Crippen molar-refractivity contribution in [3.05, 3.63) is 71.7 Å². The molecule has 1 amide bonds. The van der Waals surface area contributed by atoms with E-state index in [0.717, 1.165) is 41.4 Å². The van der Waals surface area contributed by atoms with E-state index in [1.165, 1.54) is 5.69 Å². The van der Waals surface area contributed by atoms with Crippen LogP contribution in [-0.4, -0.2) is 40.5 Å². The van der Waals surface area contributed by atoms with Crippen LogP contribution in [0.5, 0.6) is 0 Å². The molecule has 5 heterocycles. The number of carbonyl (C=O) groups is 1. The van der Waals surface area contributed by atoms with Gasteiger partial charge in [-0.25, -0.2) is 9.29 Å². The van der Waals surface area contributed by atoms with E-state index in [-0.39, 0.29) is 5.91 Å². The molecule has 0 bridgehead atoms. The summed E-state index contributed by atoms with van der Waals surface area (Å²) >= 11 is 1.71. The van der Waals surface area contributed by atoms with E-state index in [2.05, 4.69) is 32.7 Å². The second kappa shape index (κ2) is 7.66. The summed E-state index contributed by atoms with van der Waals surface area (Å²) < 4.78 is 8.28. The van der Waals surface area contributed by atoms with Crippen molar-refractivity contribution in [3.63, 3.8) is 0 Å². The maximum absolute atomic E-state index is 12.9. The average molecular weight is 422 g/mol. The van der Waals surface area contributed by atoms with Gasteiger partial charge < -0.3 is 14.3 Å². The first-order valence-electron chi connectivity index (χ1n) is 9.89. The van der Waals surface area contributed by atoms with E-state index < -0.39 is 0 Å². The summed E-state index contributed by atoms with van der Waals surface area (Å²) in [6.45, 7) is 5.13. The van der Waals surface area contributed by atoms with Crippen molar-refractivity contribution in [1.82, 2.24) is 33.4 Å². The number of imidazole rings is 1. The Morgan fingerprint density at radius 2 is 2.13 bits per heavy atom. The Morgan fingerprint density at radius 3 is 3.03 bits per heavy atom. The van der Waals surface area contributed by atoms with E-state index in [1.54, 1.807) is 18.1 Å². The van der Waals surface area contributed by atoms with E-state index >= 15 is 0 Å². The van der Waals surface area contributed by atoms with Crippen molar-refractivity contribution in [1.29, 1.82) is 0 Å². The average Bonchev–Trinajstić information content (AvgIpc) is 3.47. The van der Waals surface area contributed by atoms with Gasteiger partial charge in [0.15, 0.2) is 0 Å². The molecule has 0 radical (unpaired) electrons. The number of rotatable bonds is 5. The van der Waals surface area contributed by atoms with Gasteiger partial charge in [-0.3, -0.25) is 9.48 Å². The minimum absolute atomic E-state index is 0.0854. The monoisotopic (exact) mass is 421 g/mol. The first-order chi connectivity index (χ1) is 14.6. The van der Waals surface area contributed by atoms with Crippen LogP contribution in [0, 0.1) is 6.92 Å². The van der Waals surface area contributed by atoms with E-state index in [4.69, 9.17) is 0 Å². The molecule has 0 aromatic carbocycles. The molecule has 8 nitrogen and oxygen atoms in total. The predicted octanol–water partition coefficient (Wildman–Crippen LogP) is 2.63. The summed E-state index contributed by atoms with van der Waals surface area (Å²) in [7, 11) is 1.94. The third kappa shape index (κ3) is 3.40. The largest absolute Gasteiger partial charge is 0.347 e. The third-order valence-corrected chi connectivity index (χ3v) is 6.77. The molecule has 9 heteroatoms. The van der Waals surface area contributed by atoms with Gasteiger partial charge in [-0.15, -0.1) is 0 Å². The number of amides is 1. The molecule has 0 atom stereocenters. The lowest BCUT2D eigenvalue weighted by Crippen LogP contribution is -2.28. The highest BCUT2D eigenvalue weighted by molar-refractivity contribution is 7.97. The summed E-state index contributed by atoms with van der Waals surface area (Å²) in [5.74, 6) is -0.0854. The molecule has 0 saturated heterocycles. The number of fused-ring (bicyclic) bond motifs is 2. The Bertz CT molecular complexity index is 1220. The highest BCUT2D eigenvalue weighted by Crippen LogP contribution is 2.31. The van der Waals surface area contributed by atoms with Crippen molar-refractivity contribution in [2.24, 2.45) is 7.05 Å². The molecule has 0 saturated carbocycles. The van der Waals surface area contributed by atoms with Gasteiger partial charge >= 0.3 is 0 Å². The van der Waals surface area contributed by atoms with Gasteiger partial charge in [0.1, 0.15) is 11.3 Å². The van der Waals surface area contributed by atoms with Gasteiger partial charge in [0.25, 0.3) is 5.91 Å². The van der Waals surface area contributed by atoms with Gasteiger partial charge in [0.05, 0.1) is 18.8 Å². The Morgan fingerprint density at radius 1 is 1.23 bits per heavy atom. The zero-order valence-electron chi connectivity index (χ0n) is 16.9. The molecule has 5 rings (SSSR count). The molecule has 154 valence electrons. The highest BCUT2D eigenvalue weighted by atomic mass is 32.2. The van der Waals surface area contributed by atoms with Crippen molar-refractivity contribution in [3.8, 4) is 0 Å². The van der Waals surface area contributed by atoms with Gasteiger partial charge in [-0.2, -0.15) is 5.10 Å². The quantitative estimate of drug-likeness (QED) is 0.502. The number of hydrogen-bond acceptors (Lipinski definition) is 5. The predicted molar refractivity (Wildman–Crippen MR) is 115 cm³/mol. The molecule has 0 aliphatic carbocycles. The van der Waals surface area contributed by atoms with Gasteiger partial charge in [-0.05, 0) is 37.1 Å². The molecule has 1 aliphatic rings. The van der Waals surface area contributed by atoms with Crippen LogP contribution in [0.1, 0.15) is 27.4 Å². The first kappa shape index (κ1) is 19.0. The first-order valence-corrected chi connectivity index (χ1v) is 10.7. The summed E-state index contributed by atoms with van der Waals surface area (Å²) in [5.41, 5.74) is 4.81. The van der Waals surface area contributed by atoms with E-state index in [0.29, 0.717) is 12.2 Å². The van der Waals surface area contributed by atoms with Gasteiger partial charge in [0, 0.05) is 61.1 Å². The van der Waals surface area contributed by atoms with Crippen LogP contribution in [0.15, 0.2) is 53.9 Å². The molecule has 1 N–H and O–H groups in total. The number of nitrogens with one attached hydrogen (secondary N) is 1. The molecule has 4 aromatic rings. The summed E-state index contributed by atoms with van der Waals surface area (Å²) in [6.07, 6.45) is 7.46. The Balaban J connectivity index is 1.29. The fourth-order valence-corrected chi connectivity index (χ4v) is 4.85. The fraction of sp³-hybridized carbons (Fsp3) is 0.286. The lowest BCUT2D eigenvalue weighted by atomic mass is 10.2. The summed E-state index contributed by atoms with van der Waals surface area (Å²) in [5, 5.41) is 7.38. The number of pyridine rings is 1. The number of hydrogen-bond donors (Lipinski definition) is 1. The minimum Gasteiger partial charge on any atom is -0.347 e. The molecule has 1 aliphatic heterocycles. The van der Waals surface area contributed by atoms with Crippen LogP contribution < -0.4 is 5.32 Å². The Hall–Kier alpha value is -3.04. The molecule has 4 aromatic heterocycles. The minimum atomic E-state index is -0.0854. The van der Waals surface area contributed by atoms with Crippen LogP contribution in [0.2, 0.25) is 0 Å². The SMILES string of the molecule is Cc1c(SN2CCn3nccc3C2)cc(C(=O)NCc2cccn3ccnc23)n1C. The number of nitrogens with zero attached hydrogens (tertiary/aromatic N) is 6. The van der Waals surface area contributed by atoms with Crippen LogP contribution >= 0.6 is 11.9 Å². The molecule has 0 unspecified atom stereocenters. The molecule has 0 fully saturated rings. The topological polar surface area (TPSA) is 72.4 Å². The van der Waals surface area contributed by atoms with Crippen LogP contribution in [-0.2, 0) is 26.7 Å². The fourth-order valence-electron chi connectivity index (χ4n) is 3.77. The van der Waals surface area contributed by atoms with E-state index in [9.17, 15) is 4.79 Å². The van der Waals surface area contributed by atoms with Crippen molar-refractivity contribution >= 4 is 23.5 Å². The van der Waals surface area contributed by atoms with E-state index in [1.807, 2.05) is 57.5 Å². The van der Waals surface area contributed by atoms with Gasteiger partial charge in [-0.1, -0.05) is 6.07 Å². The molecule has 30 heavy (non-hydrogen) atoms. The summed E-state index contributed by atoms with van der Waals surface area (Å²) in [6, 6.07) is 7.99. The van der Waals surface area contributed by atoms with Crippen LogP contribution in [0.25, 0.3) is 5.65 Å². The second-order valence-corrected chi connectivity index (χ2v) is 8.55. The third-order valence-electron chi connectivity index (χ3n) is 5.59. The van der Waals surface area contributed by atoms with Crippen molar-refractivity contribution < 1.29 is 4.79 Å². The van der Waals surface area contributed by atoms with Gasteiger partial charge in [0.2, 0.25) is 0 Å². The maximum atomic E-state index is 12.9. The lowest BCUT2D eigenvalue weighted by Gasteiger charge is -2.26. The molecular formula is C21H23N7OS. The Labute approximate surface area is 178 Å². The molecular weight excluding hydrogens is 398 g/mol. The smallest absolute Gasteiger partial charge is 0.268 e. The van der Waals surface area contributed by atoms with Crippen LogP contribution in [0.3, 0.4) is 0 Å². The maximum Gasteiger partial charge on any atom is 0.268 e. The number of carbonyl (C=O) groups excluding carboxylic acids is 1. The zero-order chi connectivity index (χ0) is 20.7. The standard InChI is InChI=1S/C21H23N7OS/c1-15-19(30-27-10-11-28-17(14-27)5-6-24-28)12-18(25(15)2)21(29)23-13-16-4-3-8-26-9-7-22-20(16)26/h3-9,12H,10-11,13-14H2,1-2H3,(H,23,29).